The smallest absolute Gasteiger partial charge is 0.418 e. The summed E-state index contributed by atoms with van der Waals surface area (Å²) in [5.41, 5.74) is -2.45. The van der Waals surface area contributed by atoms with Gasteiger partial charge in [-0.15, -0.1) is 22.0 Å². The zero-order valence-corrected chi connectivity index (χ0v) is 33.6. The van der Waals surface area contributed by atoms with E-state index in [2.05, 4.69) is 25.6 Å². The first-order valence-electron chi connectivity index (χ1n) is 18.4. The average molecular weight is 898 g/mol. The summed E-state index contributed by atoms with van der Waals surface area (Å²) in [6.07, 6.45) is -4.23. The minimum absolute atomic E-state index is 0.0327. The van der Waals surface area contributed by atoms with Crippen LogP contribution in [-0.4, -0.2) is 93.7 Å². The monoisotopic (exact) mass is 897 g/mol. The largest absolute Gasteiger partial charge is 0.506 e. The highest BCUT2D eigenvalue weighted by molar-refractivity contribution is 7.99. The van der Waals surface area contributed by atoms with Gasteiger partial charge in [-0.3, -0.25) is 14.6 Å². The van der Waals surface area contributed by atoms with Gasteiger partial charge < -0.3 is 20.2 Å². The number of pyridine rings is 1. The molecule has 1 saturated heterocycles. The van der Waals surface area contributed by atoms with Gasteiger partial charge in [0.05, 0.1) is 34.1 Å². The molecule has 1 fully saturated rings. The maximum absolute atomic E-state index is 14.0. The maximum atomic E-state index is 14.0. The summed E-state index contributed by atoms with van der Waals surface area (Å²) in [4.78, 5) is 33.6. The molecular weight excluding hydrogens is 865 g/mol. The van der Waals surface area contributed by atoms with Crippen LogP contribution in [0.4, 0.5) is 37.8 Å². The number of benzene rings is 3. The van der Waals surface area contributed by atoms with Crippen molar-refractivity contribution in [2.24, 2.45) is 0 Å². The molecule has 62 heavy (non-hydrogen) atoms. The van der Waals surface area contributed by atoms with Crippen molar-refractivity contribution in [3.8, 4) is 22.6 Å². The Labute approximate surface area is 353 Å². The highest BCUT2D eigenvalue weighted by Gasteiger charge is 2.36. The lowest BCUT2D eigenvalue weighted by molar-refractivity contribution is -0.138. The third-order valence-electron chi connectivity index (χ3n) is 9.43. The van der Waals surface area contributed by atoms with Crippen molar-refractivity contribution in [1.82, 2.24) is 34.6 Å². The molecule has 0 radical (unpaired) electrons. The number of carbonyl (C=O) groups excluding carboxylic acids is 2. The topological polar surface area (TPSA) is 176 Å². The van der Waals surface area contributed by atoms with Crippen LogP contribution in [-0.2, 0) is 22.4 Å². The van der Waals surface area contributed by atoms with Crippen molar-refractivity contribution in [3.63, 3.8) is 0 Å². The normalized spacial score (nSPS) is 13.5. The van der Waals surface area contributed by atoms with Crippen LogP contribution in [0, 0.1) is 0 Å². The quantitative estimate of drug-likeness (QED) is 0.0671. The van der Waals surface area contributed by atoms with Crippen molar-refractivity contribution in [2.45, 2.75) is 22.1 Å². The number of carbonyl (C=O) groups is 2. The summed E-state index contributed by atoms with van der Waals surface area (Å²) < 4.78 is 113. The van der Waals surface area contributed by atoms with Gasteiger partial charge >= 0.3 is 12.4 Å². The van der Waals surface area contributed by atoms with E-state index >= 15 is 0 Å². The lowest BCUT2D eigenvalue weighted by Gasteiger charge is -2.35. The van der Waals surface area contributed by atoms with E-state index in [9.17, 15) is 49.5 Å². The Bertz CT molecular complexity index is 2690. The second kappa shape index (κ2) is 17.7. The van der Waals surface area contributed by atoms with E-state index in [1.54, 1.807) is 9.62 Å². The predicted octanol–water partition coefficient (Wildman–Crippen LogP) is 6.75. The number of piperazine rings is 1. The van der Waals surface area contributed by atoms with Crippen LogP contribution in [0.25, 0.3) is 16.8 Å². The summed E-state index contributed by atoms with van der Waals surface area (Å²) in [6, 6.07) is 18.4. The molecular formula is C40H33F6N9O5S2. The molecule has 6 aromatic rings. The van der Waals surface area contributed by atoms with Gasteiger partial charge in [-0.25, -0.2) is 17.8 Å². The van der Waals surface area contributed by atoms with Crippen LogP contribution in [0.1, 0.15) is 32.0 Å². The molecule has 1 aliphatic heterocycles. The number of amides is 2. The van der Waals surface area contributed by atoms with E-state index in [1.165, 1.54) is 64.3 Å². The number of nitrogens with zero attached hydrogens (tertiary/aromatic N) is 7. The highest BCUT2D eigenvalue weighted by atomic mass is 32.2. The summed E-state index contributed by atoms with van der Waals surface area (Å²) in [5.74, 6) is -1.39. The molecule has 3 N–H and O–H groups in total. The predicted molar refractivity (Wildman–Crippen MR) is 215 cm³/mol. The number of anilines is 2. The summed E-state index contributed by atoms with van der Waals surface area (Å²) >= 11 is 1.42. The molecule has 1 aliphatic rings. The molecule has 14 nitrogen and oxygen atoms in total. The lowest BCUT2D eigenvalue weighted by atomic mass is 10.1. The number of hydrogen-bond donors (Lipinski definition) is 3. The number of alkyl halides is 6. The van der Waals surface area contributed by atoms with E-state index < -0.39 is 55.9 Å². The molecule has 0 unspecified atom stereocenters. The van der Waals surface area contributed by atoms with Gasteiger partial charge in [-0.1, -0.05) is 18.2 Å². The Hall–Kier alpha value is -6.68. The first-order valence-corrected chi connectivity index (χ1v) is 20.9. The molecule has 3 aromatic carbocycles. The number of aromatic hydroxyl groups is 1. The van der Waals surface area contributed by atoms with Crippen molar-refractivity contribution in [1.29, 1.82) is 0 Å². The summed E-state index contributed by atoms with van der Waals surface area (Å²) in [6.45, 7) is 0.579. The van der Waals surface area contributed by atoms with Gasteiger partial charge in [-0.2, -0.15) is 31.4 Å². The third kappa shape index (κ3) is 10.3. The zero-order valence-electron chi connectivity index (χ0n) is 31.9. The molecule has 0 saturated carbocycles. The zero-order chi connectivity index (χ0) is 44.2. The Balaban J connectivity index is 0.972. The van der Waals surface area contributed by atoms with Crippen molar-refractivity contribution < 1.29 is 49.5 Å². The number of rotatable bonds is 12. The maximum Gasteiger partial charge on any atom is 0.418 e. The van der Waals surface area contributed by atoms with Crippen molar-refractivity contribution in [2.75, 3.05) is 48.7 Å². The van der Waals surface area contributed by atoms with Gasteiger partial charge in [0.15, 0.2) is 11.5 Å². The van der Waals surface area contributed by atoms with Crippen LogP contribution in [0.2, 0.25) is 0 Å². The molecule has 0 bridgehead atoms. The van der Waals surface area contributed by atoms with Crippen molar-refractivity contribution in [3.05, 3.63) is 132 Å². The number of sulfonamides is 1. The molecule has 22 heteroatoms. The first kappa shape index (κ1) is 43.4. The number of hydrogen-bond acceptors (Lipinski definition) is 12. The Morgan fingerprint density at radius 1 is 0.806 bits per heavy atom. The highest BCUT2D eigenvalue weighted by Crippen LogP contribution is 2.37. The van der Waals surface area contributed by atoms with Crippen LogP contribution >= 0.6 is 11.8 Å². The standard InChI is InChI=1S/C40H33F6N9O5S2/c41-39(42,43)28-16-25(17-29(19-28)55-24-27(22-49-55)26-18-30(56)23-47-21-26)38(58)54-13-11-53(12-14-54)36-9-8-35(50-51-36)37(57)52-62(59,60)32-6-7-34(33(20-32)40(44,45)46)48-10-15-61-31-4-2-1-3-5-31/h1-9,16-24,48,56H,10-15H2,(H,52,57). The first-order chi connectivity index (χ1) is 29.4. The van der Waals surface area contributed by atoms with Gasteiger partial charge in [0.2, 0.25) is 0 Å². The van der Waals surface area contributed by atoms with Gasteiger partial charge in [-0.05, 0) is 66.7 Å². The molecule has 3 aromatic heterocycles. The number of halogens is 6. The van der Waals surface area contributed by atoms with Crippen LogP contribution in [0.15, 0.2) is 120 Å². The van der Waals surface area contributed by atoms with Crippen LogP contribution in [0.3, 0.4) is 0 Å². The Kier molecular flexibility index (Phi) is 12.4. The molecule has 322 valence electrons. The summed E-state index contributed by atoms with van der Waals surface area (Å²) in [7, 11) is -4.80. The molecule has 4 heterocycles. The Morgan fingerprint density at radius 3 is 2.24 bits per heavy atom. The SMILES string of the molecule is O=C(NS(=O)(=O)c1ccc(NCCSc2ccccc2)c(C(F)(F)F)c1)c1ccc(N2CCN(C(=O)c3cc(-n4cc(-c5cncc(O)c5)cn4)cc(C(F)(F)F)c3)CC2)nn1. The fraction of sp³-hybridized carbons (Fsp3) is 0.200. The molecule has 0 aliphatic carbocycles. The lowest BCUT2D eigenvalue weighted by Crippen LogP contribution is -2.49. The fourth-order valence-electron chi connectivity index (χ4n) is 6.35. The number of aromatic nitrogens is 5. The third-order valence-corrected chi connectivity index (χ3v) is 11.8. The molecule has 2 amide bonds. The molecule has 0 atom stereocenters. The van der Waals surface area contributed by atoms with Crippen LogP contribution < -0.4 is 14.9 Å². The minimum atomic E-state index is -4.92. The van der Waals surface area contributed by atoms with Crippen LogP contribution in [0.5, 0.6) is 5.75 Å². The fourth-order valence-corrected chi connectivity index (χ4v) is 8.13. The summed E-state index contributed by atoms with van der Waals surface area (Å²) in [5, 5.41) is 24.4. The van der Waals surface area contributed by atoms with Gasteiger partial charge in [0.1, 0.15) is 5.75 Å². The Morgan fingerprint density at radius 2 is 1.56 bits per heavy atom. The second-order valence-corrected chi connectivity index (χ2v) is 16.5. The van der Waals surface area contributed by atoms with E-state index in [4.69, 9.17) is 0 Å². The van der Waals surface area contributed by atoms with E-state index in [0.717, 1.165) is 35.2 Å². The van der Waals surface area contributed by atoms with E-state index in [0.29, 0.717) is 22.9 Å². The second-order valence-electron chi connectivity index (χ2n) is 13.7. The van der Waals surface area contributed by atoms with E-state index in [1.807, 2.05) is 30.3 Å². The number of nitrogens with one attached hydrogen (secondary N) is 2. The molecule has 7 rings (SSSR count). The minimum Gasteiger partial charge on any atom is -0.506 e. The van der Waals surface area contributed by atoms with Gasteiger partial charge in [0, 0.05) is 78.1 Å². The van der Waals surface area contributed by atoms with Crippen molar-refractivity contribution >= 4 is 45.1 Å². The van der Waals surface area contributed by atoms with E-state index in [-0.39, 0.29) is 61.2 Å². The molecule has 0 spiro atoms. The average Bonchev–Trinajstić information content (AvgIpc) is 3.75. The van der Waals surface area contributed by atoms with Gasteiger partial charge in [0.25, 0.3) is 21.8 Å². The number of thioether (sulfide) groups is 1.